The Balaban J connectivity index is 2.02. The van der Waals surface area contributed by atoms with Crippen LogP contribution in [-0.4, -0.2) is 24.2 Å². The van der Waals surface area contributed by atoms with Crippen LogP contribution < -0.4 is 5.32 Å². The zero-order valence-corrected chi connectivity index (χ0v) is 9.80. The van der Waals surface area contributed by atoms with Crippen LogP contribution >= 0.6 is 11.6 Å². The molecule has 2 heterocycles. The van der Waals surface area contributed by atoms with Gasteiger partial charge in [0.1, 0.15) is 0 Å². The number of anilines is 1. The van der Waals surface area contributed by atoms with E-state index < -0.39 is 5.82 Å². The minimum Gasteiger partial charge on any atom is -0.381 e. The van der Waals surface area contributed by atoms with Gasteiger partial charge < -0.3 is 10.1 Å². The molecule has 0 aromatic carbocycles. The lowest BCUT2D eigenvalue weighted by Gasteiger charge is -2.19. The third-order valence-corrected chi connectivity index (χ3v) is 3.05. The molecular weight excluding hydrogens is 231 g/mol. The molecule has 1 fully saturated rings. The fraction of sp³-hybridized carbons (Fsp3) is 0.545. The molecule has 0 spiro atoms. The van der Waals surface area contributed by atoms with Crippen molar-refractivity contribution >= 4 is 17.4 Å². The van der Waals surface area contributed by atoms with E-state index in [-0.39, 0.29) is 11.9 Å². The first-order valence-electron chi connectivity index (χ1n) is 5.32. The summed E-state index contributed by atoms with van der Waals surface area (Å²) in [7, 11) is 0. The average Bonchev–Trinajstić information content (AvgIpc) is 2.75. The molecule has 2 rings (SSSR count). The van der Waals surface area contributed by atoms with E-state index in [1.807, 2.05) is 6.92 Å². The van der Waals surface area contributed by atoms with Crippen molar-refractivity contribution in [1.29, 1.82) is 0 Å². The number of hydrogen-bond acceptors (Lipinski definition) is 3. The van der Waals surface area contributed by atoms with Crippen LogP contribution in [-0.2, 0) is 4.74 Å². The van der Waals surface area contributed by atoms with Crippen LogP contribution in [0.25, 0.3) is 0 Å². The third-order valence-electron chi connectivity index (χ3n) is 2.84. The quantitative estimate of drug-likeness (QED) is 0.888. The lowest BCUT2D eigenvalue weighted by molar-refractivity contribution is 0.183. The van der Waals surface area contributed by atoms with Crippen molar-refractivity contribution in [3.05, 3.63) is 23.1 Å². The Labute approximate surface area is 99.0 Å². The molecule has 1 aliphatic heterocycles. The first kappa shape index (κ1) is 11.6. The fourth-order valence-corrected chi connectivity index (χ4v) is 1.95. The molecule has 0 aliphatic carbocycles. The molecule has 0 radical (unpaired) electrons. The van der Waals surface area contributed by atoms with Crippen LogP contribution in [0.1, 0.15) is 13.3 Å². The Hall–Kier alpha value is -0.870. The van der Waals surface area contributed by atoms with E-state index in [2.05, 4.69) is 10.3 Å². The number of ether oxygens (including phenoxy) is 1. The lowest BCUT2D eigenvalue weighted by Crippen LogP contribution is -2.27. The van der Waals surface area contributed by atoms with Crippen molar-refractivity contribution in [1.82, 2.24) is 4.98 Å². The van der Waals surface area contributed by atoms with Gasteiger partial charge >= 0.3 is 0 Å². The predicted molar refractivity (Wildman–Crippen MR) is 61.2 cm³/mol. The van der Waals surface area contributed by atoms with Gasteiger partial charge in [0.2, 0.25) is 0 Å². The molecule has 1 saturated heterocycles. The first-order chi connectivity index (χ1) is 7.66. The minimum atomic E-state index is -0.418. The first-order valence-corrected chi connectivity index (χ1v) is 5.70. The summed E-state index contributed by atoms with van der Waals surface area (Å²) in [6.07, 6.45) is 2.44. The highest BCUT2D eigenvalue weighted by Gasteiger charge is 2.23. The van der Waals surface area contributed by atoms with E-state index in [1.165, 1.54) is 12.3 Å². The number of rotatable bonds is 3. The fourth-order valence-electron chi connectivity index (χ4n) is 1.80. The summed E-state index contributed by atoms with van der Waals surface area (Å²) < 4.78 is 18.7. The maximum absolute atomic E-state index is 13.5. The van der Waals surface area contributed by atoms with Crippen molar-refractivity contribution in [2.45, 2.75) is 19.4 Å². The highest BCUT2D eigenvalue weighted by Crippen LogP contribution is 2.21. The number of nitrogens with one attached hydrogen (secondary N) is 1. The maximum atomic E-state index is 13.5. The van der Waals surface area contributed by atoms with Crippen LogP contribution in [0.15, 0.2) is 12.3 Å². The summed E-state index contributed by atoms with van der Waals surface area (Å²) in [5.41, 5.74) is 0. The molecule has 2 unspecified atom stereocenters. The Morgan fingerprint density at radius 3 is 3.12 bits per heavy atom. The van der Waals surface area contributed by atoms with Crippen molar-refractivity contribution in [2.24, 2.45) is 5.92 Å². The molecule has 1 aliphatic rings. The normalized spacial score (nSPS) is 22.1. The van der Waals surface area contributed by atoms with Crippen molar-refractivity contribution < 1.29 is 9.13 Å². The summed E-state index contributed by atoms with van der Waals surface area (Å²) in [5, 5.41) is 3.36. The summed E-state index contributed by atoms with van der Waals surface area (Å²) in [5.74, 6) is 0.249. The standard InChI is InChI=1S/C11H14ClFN2O/c1-7(8-2-3-16-6-8)15-11-10(13)4-9(12)5-14-11/h4-5,7-8H,2-3,6H2,1H3,(H,14,15). The highest BCUT2D eigenvalue weighted by atomic mass is 35.5. The Kier molecular flexibility index (Phi) is 3.61. The van der Waals surface area contributed by atoms with E-state index in [0.717, 1.165) is 19.6 Å². The second-order valence-corrected chi connectivity index (χ2v) is 4.48. The highest BCUT2D eigenvalue weighted by molar-refractivity contribution is 6.30. The lowest BCUT2D eigenvalue weighted by atomic mass is 10.0. The molecule has 3 nitrogen and oxygen atoms in total. The largest absolute Gasteiger partial charge is 0.381 e. The monoisotopic (exact) mass is 244 g/mol. The number of halogens is 2. The summed E-state index contributed by atoms with van der Waals surface area (Å²) >= 11 is 5.63. The van der Waals surface area contributed by atoms with Gasteiger partial charge in [-0.2, -0.15) is 0 Å². The molecular formula is C11H14ClFN2O. The van der Waals surface area contributed by atoms with Crippen molar-refractivity contribution in [3.63, 3.8) is 0 Å². The predicted octanol–water partition coefficient (Wildman–Crippen LogP) is 2.71. The molecule has 1 aromatic rings. The Bertz CT molecular complexity index is 369. The van der Waals surface area contributed by atoms with E-state index in [4.69, 9.17) is 16.3 Å². The molecule has 2 atom stereocenters. The van der Waals surface area contributed by atoms with Crippen LogP contribution in [0.4, 0.5) is 10.2 Å². The van der Waals surface area contributed by atoms with Gasteiger partial charge in [0.15, 0.2) is 11.6 Å². The second kappa shape index (κ2) is 4.97. The SMILES string of the molecule is CC(Nc1ncc(Cl)cc1F)C1CCOC1. The molecule has 0 bridgehead atoms. The van der Waals surface area contributed by atoms with E-state index in [9.17, 15) is 4.39 Å². The van der Waals surface area contributed by atoms with Crippen LogP contribution in [0.2, 0.25) is 5.02 Å². The summed E-state index contributed by atoms with van der Waals surface area (Å²) in [6.45, 7) is 3.52. The van der Waals surface area contributed by atoms with Crippen molar-refractivity contribution in [3.8, 4) is 0 Å². The zero-order valence-electron chi connectivity index (χ0n) is 9.04. The van der Waals surface area contributed by atoms with E-state index in [1.54, 1.807) is 0 Å². The number of hydrogen-bond donors (Lipinski definition) is 1. The number of nitrogens with zero attached hydrogens (tertiary/aromatic N) is 1. The van der Waals surface area contributed by atoms with Gasteiger partial charge in [-0.05, 0) is 19.4 Å². The van der Waals surface area contributed by atoms with Crippen LogP contribution in [0.3, 0.4) is 0 Å². The van der Waals surface area contributed by atoms with Crippen LogP contribution in [0.5, 0.6) is 0 Å². The molecule has 1 N–H and O–H groups in total. The van der Waals surface area contributed by atoms with Gasteiger partial charge in [-0.25, -0.2) is 9.37 Å². The minimum absolute atomic E-state index is 0.144. The van der Waals surface area contributed by atoms with Crippen molar-refractivity contribution in [2.75, 3.05) is 18.5 Å². The number of pyridine rings is 1. The smallest absolute Gasteiger partial charge is 0.166 e. The molecule has 88 valence electrons. The molecule has 5 heteroatoms. The van der Waals surface area contributed by atoms with E-state index in [0.29, 0.717) is 10.9 Å². The van der Waals surface area contributed by atoms with Gasteiger partial charge in [-0.15, -0.1) is 0 Å². The van der Waals surface area contributed by atoms with Crippen LogP contribution in [0, 0.1) is 11.7 Å². The Morgan fingerprint density at radius 1 is 1.69 bits per heavy atom. The average molecular weight is 245 g/mol. The molecule has 16 heavy (non-hydrogen) atoms. The summed E-state index contributed by atoms with van der Waals surface area (Å²) in [4.78, 5) is 3.93. The maximum Gasteiger partial charge on any atom is 0.166 e. The van der Waals surface area contributed by atoms with E-state index >= 15 is 0 Å². The number of aromatic nitrogens is 1. The summed E-state index contributed by atoms with van der Waals surface area (Å²) in [6, 6.07) is 1.40. The van der Waals surface area contributed by atoms with Gasteiger partial charge in [-0.3, -0.25) is 0 Å². The molecule has 1 aromatic heterocycles. The second-order valence-electron chi connectivity index (χ2n) is 4.04. The zero-order chi connectivity index (χ0) is 11.5. The van der Waals surface area contributed by atoms with Gasteiger partial charge in [0.05, 0.1) is 11.6 Å². The molecule has 0 saturated carbocycles. The van der Waals surface area contributed by atoms with Gasteiger partial charge in [0.25, 0.3) is 0 Å². The third kappa shape index (κ3) is 2.62. The topological polar surface area (TPSA) is 34.2 Å². The van der Waals surface area contributed by atoms with Gasteiger partial charge in [-0.1, -0.05) is 11.6 Å². The molecule has 0 amide bonds. The van der Waals surface area contributed by atoms with Gasteiger partial charge in [0, 0.05) is 24.8 Å². The Morgan fingerprint density at radius 2 is 2.50 bits per heavy atom.